The van der Waals surface area contributed by atoms with Crippen molar-refractivity contribution in [1.82, 2.24) is 4.90 Å². The van der Waals surface area contributed by atoms with Gasteiger partial charge in [0.05, 0.1) is 25.4 Å². The lowest BCUT2D eigenvalue weighted by Crippen LogP contribution is -2.55. The maximum Gasteiger partial charge on any atom is 0.0909 e. The third-order valence-electron chi connectivity index (χ3n) is 12.5. The van der Waals surface area contributed by atoms with Crippen LogP contribution in [0.2, 0.25) is 0 Å². The van der Waals surface area contributed by atoms with Gasteiger partial charge in [-0.15, -0.1) is 0 Å². The minimum absolute atomic E-state index is 0.255. The SMILES string of the molecule is CCCCC/C=C\C/C=C\CCCCCCCCOCC(COCCCCCCCC/C=C\C/C=C\CCCCC)(COCCCCCCCC/C=C\C/C=C\CCCCC)N(C)C. The molecule has 0 saturated heterocycles. The Hall–Kier alpha value is -1.72. The largest absolute Gasteiger partial charge is 0.379 e. The summed E-state index contributed by atoms with van der Waals surface area (Å²) in [6.07, 6.45) is 73.8. The second-order valence-corrected chi connectivity index (χ2v) is 19.0. The highest BCUT2D eigenvalue weighted by Gasteiger charge is 2.34. The molecule has 0 radical (unpaired) electrons. The van der Waals surface area contributed by atoms with Gasteiger partial charge in [0.15, 0.2) is 0 Å². The van der Waals surface area contributed by atoms with Crippen molar-refractivity contribution in [3.8, 4) is 0 Å². The highest BCUT2D eigenvalue weighted by Crippen LogP contribution is 2.18. The summed E-state index contributed by atoms with van der Waals surface area (Å²) in [6, 6.07) is 0. The summed E-state index contributed by atoms with van der Waals surface area (Å²) in [7, 11) is 4.36. The first-order valence-corrected chi connectivity index (χ1v) is 27.9. The van der Waals surface area contributed by atoms with E-state index < -0.39 is 0 Å². The molecule has 0 aliphatic heterocycles. The highest BCUT2D eigenvalue weighted by molar-refractivity contribution is 4.94. The van der Waals surface area contributed by atoms with Crippen molar-refractivity contribution in [1.29, 1.82) is 0 Å². The lowest BCUT2D eigenvalue weighted by molar-refractivity contribution is -0.0846. The number of allylic oxidation sites excluding steroid dienone is 12. The Morgan fingerprint density at radius 3 is 0.734 bits per heavy atom. The maximum absolute atomic E-state index is 6.42. The molecule has 0 aliphatic carbocycles. The predicted molar refractivity (Wildman–Crippen MR) is 287 cm³/mol. The van der Waals surface area contributed by atoms with Crippen LogP contribution in [0, 0.1) is 0 Å². The first-order chi connectivity index (χ1) is 31.6. The fourth-order valence-corrected chi connectivity index (χ4v) is 7.88. The van der Waals surface area contributed by atoms with E-state index in [2.05, 4.69) is 113 Å². The Kier molecular flexibility index (Phi) is 52.4. The van der Waals surface area contributed by atoms with E-state index in [4.69, 9.17) is 14.2 Å². The molecule has 0 aliphatic rings. The third kappa shape index (κ3) is 46.8. The number of hydrogen-bond acceptors (Lipinski definition) is 4. The first kappa shape index (κ1) is 62.3. The number of likely N-dealkylation sites (N-methyl/N-ethyl adjacent to an activating group) is 1. The van der Waals surface area contributed by atoms with Crippen LogP contribution in [0.15, 0.2) is 72.9 Å². The molecule has 0 atom stereocenters. The zero-order chi connectivity index (χ0) is 46.4. The molecule has 0 rings (SSSR count). The molecule has 0 aromatic rings. The quantitative estimate of drug-likeness (QED) is 0.0450. The minimum Gasteiger partial charge on any atom is -0.379 e. The average molecular weight is 895 g/mol. The van der Waals surface area contributed by atoms with Crippen molar-refractivity contribution in [3.63, 3.8) is 0 Å². The summed E-state index contributed by atoms with van der Waals surface area (Å²) in [5, 5.41) is 0. The zero-order valence-electron chi connectivity index (χ0n) is 43.8. The number of hydrogen-bond donors (Lipinski definition) is 0. The smallest absolute Gasteiger partial charge is 0.0909 e. The van der Waals surface area contributed by atoms with Gasteiger partial charge in [-0.2, -0.15) is 0 Å². The topological polar surface area (TPSA) is 30.9 Å². The lowest BCUT2D eigenvalue weighted by atomic mass is 10.0. The maximum atomic E-state index is 6.42. The van der Waals surface area contributed by atoms with Crippen LogP contribution in [-0.2, 0) is 14.2 Å². The third-order valence-corrected chi connectivity index (χ3v) is 12.5. The molecule has 374 valence electrons. The fraction of sp³-hybridized carbons (Fsp3) is 0.800. The zero-order valence-corrected chi connectivity index (χ0v) is 43.8. The molecule has 0 bridgehead atoms. The molecule has 0 saturated carbocycles. The van der Waals surface area contributed by atoms with Gasteiger partial charge in [0, 0.05) is 19.8 Å². The fourth-order valence-electron chi connectivity index (χ4n) is 7.88. The Morgan fingerprint density at radius 1 is 0.281 bits per heavy atom. The number of unbranched alkanes of at least 4 members (excludes halogenated alkanes) is 27. The Labute approximate surface area is 401 Å². The molecule has 0 N–H and O–H groups in total. The van der Waals surface area contributed by atoms with Crippen molar-refractivity contribution in [2.75, 3.05) is 53.7 Å². The van der Waals surface area contributed by atoms with E-state index in [1.165, 1.54) is 193 Å². The Morgan fingerprint density at radius 2 is 0.500 bits per heavy atom. The van der Waals surface area contributed by atoms with Gasteiger partial charge in [0.1, 0.15) is 0 Å². The summed E-state index contributed by atoms with van der Waals surface area (Å²) in [5.41, 5.74) is -0.255. The van der Waals surface area contributed by atoms with Gasteiger partial charge in [-0.05, 0) is 130 Å². The molecule has 0 amide bonds. The number of nitrogens with zero attached hydrogens (tertiary/aromatic N) is 1. The van der Waals surface area contributed by atoms with E-state index in [-0.39, 0.29) is 5.54 Å². The average Bonchev–Trinajstić information content (AvgIpc) is 3.30. The molecular formula is C60H111NO3. The van der Waals surface area contributed by atoms with Crippen molar-refractivity contribution in [3.05, 3.63) is 72.9 Å². The van der Waals surface area contributed by atoms with E-state index in [0.29, 0.717) is 19.8 Å². The van der Waals surface area contributed by atoms with E-state index in [1.54, 1.807) is 0 Å². The van der Waals surface area contributed by atoms with Crippen LogP contribution in [0.5, 0.6) is 0 Å². The Balaban J connectivity index is 4.46. The molecule has 0 fully saturated rings. The summed E-state index contributed by atoms with van der Waals surface area (Å²) in [5.74, 6) is 0. The van der Waals surface area contributed by atoms with Gasteiger partial charge < -0.3 is 14.2 Å². The first-order valence-electron chi connectivity index (χ1n) is 27.9. The Bertz CT molecular complexity index is 944. The van der Waals surface area contributed by atoms with E-state index in [1.807, 2.05) is 0 Å². The molecule has 0 spiro atoms. The normalized spacial score (nSPS) is 12.8. The summed E-state index contributed by atoms with van der Waals surface area (Å²) in [6.45, 7) is 11.3. The molecule has 64 heavy (non-hydrogen) atoms. The van der Waals surface area contributed by atoms with Gasteiger partial charge in [-0.25, -0.2) is 0 Å². The van der Waals surface area contributed by atoms with Crippen LogP contribution < -0.4 is 0 Å². The molecule has 0 unspecified atom stereocenters. The van der Waals surface area contributed by atoms with Crippen molar-refractivity contribution in [2.45, 2.75) is 257 Å². The standard InChI is InChI=1S/C60H111NO3/c1-6-9-12-15-18-21-24-27-30-33-36-39-42-45-48-51-54-62-57-60(61(4)5,58-63-55-52-49-46-43-40-37-34-31-28-25-22-19-16-13-10-7-2)59-64-56-53-50-47-44-41-38-35-32-29-26-23-20-17-14-11-8-3/h18-23,27-32H,6-17,24-26,33-59H2,1-5H3/b21-18-,22-19-,23-20-,30-27-,31-28-,32-29-. The molecular weight excluding hydrogens is 783 g/mol. The van der Waals surface area contributed by atoms with Crippen LogP contribution in [-0.4, -0.2) is 64.2 Å². The van der Waals surface area contributed by atoms with E-state index >= 15 is 0 Å². The lowest BCUT2D eigenvalue weighted by Gasteiger charge is -2.39. The summed E-state index contributed by atoms with van der Waals surface area (Å²) in [4.78, 5) is 2.31. The van der Waals surface area contributed by atoms with Gasteiger partial charge in [0.2, 0.25) is 0 Å². The molecule has 4 heteroatoms. The molecule has 0 heterocycles. The van der Waals surface area contributed by atoms with Gasteiger partial charge in [-0.1, -0.05) is 209 Å². The summed E-state index contributed by atoms with van der Waals surface area (Å²) < 4.78 is 19.3. The van der Waals surface area contributed by atoms with Crippen molar-refractivity contribution in [2.24, 2.45) is 0 Å². The van der Waals surface area contributed by atoms with Crippen molar-refractivity contribution < 1.29 is 14.2 Å². The second-order valence-electron chi connectivity index (χ2n) is 19.0. The molecule has 0 aromatic carbocycles. The molecule has 0 aromatic heterocycles. The van der Waals surface area contributed by atoms with Crippen molar-refractivity contribution >= 4 is 0 Å². The van der Waals surface area contributed by atoms with Gasteiger partial charge in [0.25, 0.3) is 0 Å². The van der Waals surface area contributed by atoms with Crippen LogP contribution in [0.4, 0.5) is 0 Å². The number of rotatable bonds is 52. The predicted octanol–water partition coefficient (Wildman–Crippen LogP) is 18.8. The summed E-state index contributed by atoms with van der Waals surface area (Å²) >= 11 is 0. The van der Waals surface area contributed by atoms with Crippen LogP contribution in [0.1, 0.15) is 252 Å². The number of ether oxygens (including phenoxy) is 3. The monoisotopic (exact) mass is 894 g/mol. The van der Waals surface area contributed by atoms with E-state index in [0.717, 1.165) is 58.3 Å². The molecule has 4 nitrogen and oxygen atoms in total. The second kappa shape index (κ2) is 53.9. The van der Waals surface area contributed by atoms with Gasteiger partial charge in [-0.3, -0.25) is 4.90 Å². The minimum atomic E-state index is -0.255. The van der Waals surface area contributed by atoms with Crippen LogP contribution >= 0.6 is 0 Å². The highest BCUT2D eigenvalue weighted by atomic mass is 16.5. The van der Waals surface area contributed by atoms with Crippen LogP contribution in [0.3, 0.4) is 0 Å². The van der Waals surface area contributed by atoms with E-state index in [9.17, 15) is 0 Å². The van der Waals surface area contributed by atoms with Gasteiger partial charge >= 0.3 is 0 Å². The van der Waals surface area contributed by atoms with Crippen LogP contribution in [0.25, 0.3) is 0 Å².